The first-order valence-electron chi connectivity index (χ1n) is 12.3. The van der Waals surface area contributed by atoms with E-state index in [1.165, 1.54) is 30.8 Å². The van der Waals surface area contributed by atoms with Crippen LogP contribution in [0.5, 0.6) is 0 Å². The number of hydrogen-bond acceptors (Lipinski definition) is 5. The molecule has 2 aromatic carbocycles. The summed E-state index contributed by atoms with van der Waals surface area (Å²) in [4.78, 5) is 52.1. The average molecular weight is 529 g/mol. The van der Waals surface area contributed by atoms with Crippen LogP contribution in [0.3, 0.4) is 0 Å². The number of carboxylic acids is 1. The second kappa shape index (κ2) is 10.1. The molecular formula is C27H30F2N4O5. The maximum Gasteiger partial charge on any atom is 0.335 e. The first kappa shape index (κ1) is 27.2. The molecule has 9 nitrogen and oxygen atoms in total. The van der Waals surface area contributed by atoms with Crippen molar-refractivity contribution in [3.8, 4) is 5.69 Å². The van der Waals surface area contributed by atoms with E-state index < -0.39 is 47.0 Å². The third-order valence-corrected chi connectivity index (χ3v) is 7.52. The highest BCUT2D eigenvalue weighted by molar-refractivity contribution is 5.94. The second-order valence-corrected chi connectivity index (χ2v) is 9.90. The van der Waals surface area contributed by atoms with Gasteiger partial charge in [-0.1, -0.05) is 37.3 Å². The Hall–Kier alpha value is -3.86. The topological polar surface area (TPSA) is 114 Å². The predicted molar refractivity (Wildman–Crippen MR) is 138 cm³/mol. The zero-order chi connectivity index (χ0) is 27.8. The van der Waals surface area contributed by atoms with Crippen LogP contribution >= 0.6 is 0 Å². The van der Waals surface area contributed by atoms with E-state index in [2.05, 4.69) is 5.32 Å². The van der Waals surface area contributed by atoms with Gasteiger partial charge in [0.2, 0.25) is 5.91 Å². The molecule has 0 aliphatic carbocycles. The van der Waals surface area contributed by atoms with Gasteiger partial charge in [0.05, 0.1) is 12.2 Å². The SMILES string of the molecule is CCN1CCC(C)(C(=O)N[C@@H](Cc2cccc3c(-n4c(=O)ccn(C)c4=O)cccc23)C(=O)O)C(F)(F)C1. The number of amides is 1. The van der Waals surface area contributed by atoms with Crippen LogP contribution in [0, 0.1) is 5.41 Å². The molecule has 1 saturated heterocycles. The molecule has 2 atom stereocenters. The third kappa shape index (κ3) is 4.73. The lowest BCUT2D eigenvalue weighted by atomic mass is 9.76. The van der Waals surface area contributed by atoms with Gasteiger partial charge in [0.25, 0.3) is 11.5 Å². The summed E-state index contributed by atoms with van der Waals surface area (Å²) in [5.74, 6) is -5.71. The molecule has 1 aliphatic rings. The van der Waals surface area contributed by atoms with Gasteiger partial charge < -0.3 is 15.0 Å². The summed E-state index contributed by atoms with van der Waals surface area (Å²) in [5, 5.41) is 13.3. The maximum absolute atomic E-state index is 15.0. The van der Waals surface area contributed by atoms with Gasteiger partial charge in [0.15, 0.2) is 0 Å². The van der Waals surface area contributed by atoms with E-state index in [0.717, 1.165) is 4.57 Å². The molecule has 0 radical (unpaired) electrons. The van der Waals surface area contributed by atoms with Crippen molar-refractivity contribution >= 4 is 22.6 Å². The minimum Gasteiger partial charge on any atom is -0.480 e. The van der Waals surface area contributed by atoms with Gasteiger partial charge in [-0.3, -0.25) is 14.5 Å². The average Bonchev–Trinajstić information content (AvgIpc) is 2.87. The van der Waals surface area contributed by atoms with Crippen molar-refractivity contribution < 1.29 is 23.5 Å². The first-order valence-corrected chi connectivity index (χ1v) is 12.3. The molecule has 0 spiro atoms. The van der Waals surface area contributed by atoms with Crippen LogP contribution in [0.15, 0.2) is 58.3 Å². The Morgan fingerprint density at radius 1 is 1.11 bits per heavy atom. The fraction of sp³-hybridized carbons (Fsp3) is 0.407. The van der Waals surface area contributed by atoms with Gasteiger partial charge in [-0.2, -0.15) is 0 Å². The summed E-state index contributed by atoms with van der Waals surface area (Å²) in [7, 11) is 1.52. The molecule has 2 heterocycles. The van der Waals surface area contributed by atoms with Crippen molar-refractivity contribution in [1.82, 2.24) is 19.4 Å². The van der Waals surface area contributed by atoms with Crippen LogP contribution in [0.25, 0.3) is 16.5 Å². The lowest BCUT2D eigenvalue weighted by Crippen LogP contribution is -2.62. The van der Waals surface area contributed by atoms with E-state index in [1.807, 2.05) is 0 Å². The van der Waals surface area contributed by atoms with Gasteiger partial charge in [-0.05, 0) is 43.5 Å². The van der Waals surface area contributed by atoms with Gasteiger partial charge >= 0.3 is 11.7 Å². The van der Waals surface area contributed by atoms with Crippen LogP contribution in [0.4, 0.5) is 8.78 Å². The number of piperidine rings is 1. The minimum absolute atomic E-state index is 0.107. The number of rotatable bonds is 7. The Labute approximate surface area is 217 Å². The van der Waals surface area contributed by atoms with Crippen LogP contribution < -0.4 is 16.6 Å². The fourth-order valence-corrected chi connectivity index (χ4v) is 4.91. The molecule has 0 bridgehead atoms. The number of halogens is 2. The molecule has 11 heteroatoms. The van der Waals surface area contributed by atoms with Crippen LogP contribution in [0.1, 0.15) is 25.8 Å². The smallest absolute Gasteiger partial charge is 0.335 e. The molecule has 2 N–H and O–H groups in total. The number of fused-ring (bicyclic) bond motifs is 1. The van der Waals surface area contributed by atoms with Crippen molar-refractivity contribution in [3.05, 3.63) is 75.1 Å². The number of aliphatic carboxylic acids is 1. The zero-order valence-corrected chi connectivity index (χ0v) is 21.4. The first-order chi connectivity index (χ1) is 17.9. The quantitative estimate of drug-likeness (QED) is 0.486. The molecular weight excluding hydrogens is 498 g/mol. The number of carbonyl (C=O) groups excluding carboxylic acids is 1. The van der Waals surface area contributed by atoms with Crippen molar-refractivity contribution in [1.29, 1.82) is 0 Å². The maximum atomic E-state index is 15.0. The Morgan fingerprint density at radius 3 is 2.45 bits per heavy atom. The van der Waals surface area contributed by atoms with E-state index in [-0.39, 0.29) is 12.8 Å². The predicted octanol–water partition coefficient (Wildman–Crippen LogP) is 2.17. The van der Waals surface area contributed by atoms with E-state index in [9.17, 15) is 24.3 Å². The number of aryl methyl sites for hydroxylation is 1. The molecule has 1 aliphatic heterocycles. The molecule has 1 unspecified atom stereocenters. The normalized spacial score (nSPS) is 20.2. The summed E-state index contributed by atoms with van der Waals surface area (Å²) in [6.45, 7) is 3.10. The lowest BCUT2D eigenvalue weighted by molar-refractivity contribution is -0.179. The highest BCUT2D eigenvalue weighted by Crippen LogP contribution is 2.44. The third-order valence-electron chi connectivity index (χ3n) is 7.52. The standard InChI is InChI=1S/C27H30F2N4O5/c1-4-32-14-12-26(2,27(28,29)16-32)24(37)30-20(23(35)36)15-17-7-5-9-19-18(17)8-6-10-21(19)33-22(34)11-13-31(3)25(33)38/h5-11,13,20H,4,12,14-16H2,1-3H3,(H,30,37)(H,35,36)/t20-,26?/m0/s1. The van der Waals surface area contributed by atoms with Crippen molar-refractivity contribution in [2.24, 2.45) is 12.5 Å². The Kier molecular flexibility index (Phi) is 7.24. The Balaban J connectivity index is 1.68. The van der Waals surface area contributed by atoms with Gasteiger partial charge in [-0.15, -0.1) is 0 Å². The molecule has 1 aromatic heterocycles. The zero-order valence-electron chi connectivity index (χ0n) is 21.4. The van der Waals surface area contributed by atoms with Crippen molar-refractivity contribution in [3.63, 3.8) is 0 Å². The molecule has 4 rings (SSSR count). The number of benzene rings is 2. The van der Waals surface area contributed by atoms with Gasteiger partial charge in [0.1, 0.15) is 11.5 Å². The summed E-state index contributed by atoms with van der Waals surface area (Å²) >= 11 is 0. The number of nitrogens with one attached hydrogen (secondary N) is 1. The number of likely N-dealkylation sites (tertiary alicyclic amines) is 1. The van der Waals surface area contributed by atoms with Crippen LogP contribution in [0.2, 0.25) is 0 Å². The van der Waals surface area contributed by atoms with E-state index in [4.69, 9.17) is 0 Å². The Bertz CT molecular complexity index is 1520. The van der Waals surface area contributed by atoms with Crippen molar-refractivity contribution in [2.45, 2.75) is 38.7 Å². The Morgan fingerprint density at radius 2 is 1.79 bits per heavy atom. The van der Waals surface area contributed by atoms with Crippen molar-refractivity contribution in [2.75, 3.05) is 19.6 Å². The second-order valence-electron chi connectivity index (χ2n) is 9.90. The fourth-order valence-electron chi connectivity index (χ4n) is 4.91. The van der Waals surface area contributed by atoms with Gasteiger partial charge in [-0.25, -0.2) is 22.9 Å². The molecule has 1 fully saturated rings. The summed E-state index contributed by atoms with van der Waals surface area (Å²) in [6, 6.07) is 9.76. The minimum atomic E-state index is -3.34. The summed E-state index contributed by atoms with van der Waals surface area (Å²) in [5.41, 5.74) is -2.29. The highest BCUT2D eigenvalue weighted by Gasteiger charge is 2.58. The van der Waals surface area contributed by atoms with E-state index >= 15 is 8.78 Å². The van der Waals surface area contributed by atoms with Crippen LogP contribution in [-0.2, 0) is 23.1 Å². The molecule has 38 heavy (non-hydrogen) atoms. The number of carboxylic acid groups (broad SMARTS) is 1. The molecule has 1 amide bonds. The number of hydrogen-bond donors (Lipinski definition) is 2. The number of nitrogens with zero attached hydrogens (tertiary/aromatic N) is 3. The molecule has 0 saturated carbocycles. The van der Waals surface area contributed by atoms with Crippen LogP contribution in [-0.4, -0.2) is 62.6 Å². The van der Waals surface area contributed by atoms with E-state index in [0.29, 0.717) is 35.1 Å². The number of aromatic nitrogens is 2. The van der Waals surface area contributed by atoms with Gasteiger partial charge in [0, 0.05) is 31.1 Å². The highest BCUT2D eigenvalue weighted by atomic mass is 19.3. The molecule has 202 valence electrons. The lowest BCUT2D eigenvalue weighted by Gasteiger charge is -2.44. The van der Waals surface area contributed by atoms with E-state index in [1.54, 1.807) is 48.2 Å². The monoisotopic (exact) mass is 528 g/mol. The number of carbonyl (C=O) groups is 2. The molecule has 3 aromatic rings. The summed E-state index contributed by atoms with van der Waals surface area (Å²) < 4.78 is 32.3. The largest absolute Gasteiger partial charge is 0.480 e. The summed E-state index contributed by atoms with van der Waals surface area (Å²) in [6.07, 6.45) is 1.07. The number of alkyl halides is 2.